The third kappa shape index (κ3) is 4.27. The molecule has 5 rings (SSSR count). The summed E-state index contributed by atoms with van der Waals surface area (Å²) in [5.41, 5.74) is 1.77. The summed E-state index contributed by atoms with van der Waals surface area (Å²) in [6.45, 7) is 3.03. The number of aromatic nitrogens is 2. The van der Waals surface area contributed by atoms with Gasteiger partial charge in [-0.25, -0.2) is 9.97 Å². The van der Waals surface area contributed by atoms with Gasteiger partial charge in [0.15, 0.2) is 23.1 Å². The number of benzene rings is 2. The number of furan rings is 1. The SMILES string of the molecule is C[C@@H](NC(=O)CSc1nc(-c2ccco2)nc2ccccc12)c1ccc2c(c1)OCCO2. The second kappa shape index (κ2) is 8.92. The Kier molecular flexibility index (Phi) is 5.68. The van der Waals surface area contributed by atoms with Gasteiger partial charge in [0.2, 0.25) is 5.91 Å². The minimum Gasteiger partial charge on any atom is -0.486 e. The first kappa shape index (κ1) is 20.4. The van der Waals surface area contributed by atoms with Crippen molar-refractivity contribution < 1.29 is 18.7 Å². The van der Waals surface area contributed by atoms with Gasteiger partial charge < -0.3 is 19.2 Å². The largest absolute Gasteiger partial charge is 0.486 e. The molecule has 8 heteroatoms. The predicted molar refractivity (Wildman–Crippen MR) is 122 cm³/mol. The summed E-state index contributed by atoms with van der Waals surface area (Å²) in [4.78, 5) is 21.9. The number of amides is 1. The van der Waals surface area contributed by atoms with Crippen molar-refractivity contribution in [2.24, 2.45) is 0 Å². The molecule has 0 aliphatic carbocycles. The number of para-hydroxylation sites is 1. The molecule has 1 N–H and O–H groups in total. The molecule has 1 aliphatic rings. The van der Waals surface area contributed by atoms with Crippen molar-refractivity contribution >= 4 is 28.6 Å². The van der Waals surface area contributed by atoms with Crippen LogP contribution in [0.1, 0.15) is 18.5 Å². The molecule has 162 valence electrons. The van der Waals surface area contributed by atoms with Crippen molar-refractivity contribution in [3.63, 3.8) is 0 Å². The van der Waals surface area contributed by atoms with Crippen molar-refractivity contribution in [3.05, 3.63) is 66.4 Å². The van der Waals surface area contributed by atoms with Crippen LogP contribution in [0, 0.1) is 0 Å². The lowest BCUT2D eigenvalue weighted by Gasteiger charge is -2.21. The number of nitrogens with one attached hydrogen (secondary N) is 1. The van der Waals surface area contributed by atoms with Gasteiger partial charge >= 0.3 is 0 Å². The normalized spacial score (nSPS) is 13.7. The van der Waals surface area contributed by atoms with E-state index in [1.807, 2.05) is 55.5 Å². The minimum absolute atomic E-state index is 0.0837. The molecule has 0 saturated heterocycles. The molecule has 0 unspecified atom stereocenters. The lowest BCUT2D eigenvalue weighted by Crippen LogP contribution is -2.28. The van der Waals surface area contributed by atoms with E-state index in [9.17, 15) is 4.79 Å². The van der Waals surface area contributed by atoms with Crippen molar-refractivity contribution in [1.29, 1.82) is 0 Å². The van der Waals surface area contributed by atoms with Crippen LogP contribution in [0.3, 0.4) is 0 Å². The van der Waals surface area contributed by atoms with Crippen LogP contribution in [0.2, 0.25) is 0 Å². The molecule has 0 fully saturated rings. The molecular weight excluding hydrogens is 426 g/mol. The van der Waals surface area contributed by atoms with Crippen LogP contribution in [0.5, 0.6) is 11.5 Å². The van der Waals surface area contributed by atoms with E-state index in [0.29, 0.717) is 30.5 Å². The van der Waals surface area contributed by atoms with Crippen molar-refractivity contribution in [2.75, 3.05) is 19.0 Å². The molecule has 2 aromatic heterocycles. The molecule has 3 heterocycles. The maximum absolute atomic E-state index is 12.7. The molecular formula is C24H21N3O4S. The number of carbonyl (C=O) groups is 1. The molecule has 4 aromatic rings. The Hall–Kier alpha value is -3.52. The van der Waals surface area contributed by atoms with E-state index < -0.39 is 0 Å². The zero-order chi connectivity index (χ0) is 21.9. The first-order chi connectivity index (χ1) is 15.7. The Morgan fingerprint density at radius 2 is 1.91 bits per heavy atom. The lowest BCUT2D eigenvalue weighted by atomic mass is 10.1. The Labute approximate surface area is 189 Å². The summed E-state index contributed by atoms with van der Waals surface area (Å²) < 4.78 is 16.7. The number of carbonyl (C=O) groups excluding carboxylic acids is 1. The van der Waals surface area contributed by atoms with E-state index in [0.717, 1.165) is 27.2 Å². The van der Waals surface area contributed by atoms with Gasteiger partial charge in [0.1, 0.15) is 18.2 Å². The number of thioether (sulfide) groups is 1. The number of rotatable bonds is 6. The van der Waals surface area contributed by atoms with E-state index in [-0.39, 0.29) is 17.7 Å². The highest BCUT2D eigenvalue weighted by Crippen LogP contribution is 2.33. The summed E-state index contributed by atoms with van der Waals surface area (Å²) in [7, 11) is 0. The first-order valence-electron chi connectivity index (χ1n) is 10.3. The third-order valence-corrected chi connectivity index (χ3v) is 6.08. The standard InChI is InChI=1S/C24H21N3O4S/c1-15(16-8-9-19-21(13-16)31-12-11-30-19)25-22(28)14-32-24-17-5-2-3-6-18(17)26-23(27-24)20-7-4-10-29-20/h2-10,13,15H,11-12,14H2,1H3,(H,25,28)/t15-/m1/s1. The maximum Gasteiger partial charge on any atom is 0.230 e. The van der Waals surface area contributed by atoms with E-state index in [1.165, 1.54) is 11.8 Å². The summed E-state index contributed by atoms with van der Waals surface area (Å²) in [6.07, 6.45) is 1.59. The van der Waals surface area contributed by atoms with Crippen LogP contribution in [0.25, 0.3) is 22.5 Å². The zero-order valence-corrected chi connectivity index (χ0v) is 18.2. The van der Waals surface area contributed by atoms with Gasteiger partial charge in [0, 0.05) is 5.39 Å². The zero-order valence-electron chi connectivity index (χ0n) is 17.4. The van der Waals surface area contributed by atoms with Crippen LogP contribution in [0.4, 0.5) is 0 Å². The number of nitrogens with zero attached hydrogens (tertiary/aromatic N) is 2. The number of ether oxygens (including phenoxy) is 2. The monoisotopic (exact) mass is 447 g/mol. The smallest absolute Gasteiger partial charge is 0.230 e. The van der Waals surface area contributed by atoms with Gasteiger partial charge in [-0.1, -0.05) is 36.0 Å². The molecule has 2 aromatic carbocycles. The molecule has 0 spiro atoms. The van der Waals surface area contributed by atoms with Crippen LogP contribution >= 0.6 is 11.8 Å². The summed E-state index contributed by atoms with van der Waals surface area (Å²) >= 11 is 1.38. The number of fused-ring (bicyclic) bond motifs is 2. The van der Waals surface area contributed by atoms with E-state index in [4.69, 9.17) is 13.9 Å². The molecule has 7 nitrogen and oxygen atoms in total. The molecule has 0 bridgehead atoms. The van der Waals surface area contributed by atoms with Crippen LogP contribution in [-0.2, 0) is 4.79 Å². The fourth-order valence-electron chi connectivity index (χ4n) is 3.50. The first-order valence-corrected chi connectivity index (χ1v) is 11.3. The Bertz CT molecular complexity index is 1260. The van der Waals surface area contributed by atoms with Crippen molar-refractivity contribution in [3.8, 4) is 23.1 Å². The lowest BCUT2D eigenvalue weighted by molar-refractivity contribution is -0.119. The Balaban J connectivity index is 1.29. The number of hydrogen-bond acceptors (Lipinski definition) is 7. The van der Waals surface area contributed by atoms with Crippen LogP contribution in [-0.4, -0.2) is 34.8 Å². The Morgan fingerprint density at radius 3 is 2.75 bits per heavy atom. The third-order valence-electron chi connectivity index (χ3n) is 5.09. The van der Waals surface area contributed by atoms with Gasteiger partial charge in [-0.2, -0.15) is 0 Å². The highest BCUT2D eigenvalue weighted by molar-refractivity contribution is 8.00. The van der Waals surface area contributed by atoms with Gasteiger partial charge in [-0.05, 0) is 42.8 Å². The van der Waals surface area contributed by atoms with Gasteiger partial charge in [0.05, 0.1) is 23.6 Å². The topological polar surface area (TPSA) is 86.5 Å². The molecule has 0 radical (unpaired) electrons. The molecule has 0 saturated carbocycles. The molecule has 1 atom stereocenters. The average molecular weight is 448 g/mol. The fraction of sp³-hybridized carbons (Fsp3) is 0.208. The van der Waals surface area contributed by atoms with Crippen molar-refractivity contribution in [1.82, 2.24) is 15.3 Å². The van der Waals surface area contributed by atoms with Crippen LogP contribution < -0.4 is 14.8 Å². The minimum atomic E-state index is -0.167. The van der Waals surface area contributed by atoms with Crippen LogP contribution in [0.15, 0.2) is 70.3 Å². The second-order valence-corrected chi connectivity index (χ2v) is 8.29. The Morgan fingerprint density at radius 1 is 1.06 bits per heavy atom. The molecule has 1 amide bonds. The molecule has 32 heavy (non-hydrogen) atoms. The second-order valence-electron chi connectivity index (χ2n) is 7.33. The van der Waals surface area contributed by atoms with Crippen molar-refractivity contribution in [2.45, 2.75) is 18.0 Å². The quantitative estimate of drug-likeness (QED) is 0.341. The summed E-state index contributed by atoms with van der Waals surface area (Å²) in [5.74, 6) is 2.68. The van der Waals surface area contributed by atoms with Gasteiger partial charge in [-0.15, -0.1) is 0 Å². The average Bonchev–Trinajstić information content (AvgIpc) is 3.37. The summed E-state index contributed by atoms with van der Waals surface area (Å²) in [6, 6.07) is 16.9. The molecule has 1 aliphatic heterocycles. The predicted octanol–water partition coefficient (Wildman–Crippen LogP) is 4.63. The van der Waals surface area contributed by atoms with Gasteiger partial charge in [-0.3, -0.25) is 4.79 Å². The van der Waals surface area contributed by atoms with Gasteiger partial charge in [0.25, 0.3) is 0 Å². The fourth-order valence-corrected chi connectivity index (χ4v) is 4.33. The highest BCUT2D eigenvalue weighted by Gasteiger charge is 2.17. The van der Waals surface area contributed by atoms with E-state index in [2.05, 4.69) is 15.3 Å². The van der Waals surface area contributed by atoms with E-state index in [1.54, 1.807) is 12.3 Å². The highest BCUT2D eigenvalue weighted by atomic mass is 32.2. The summed E-state index contributed by atoms with van der Waals surface area (Å²) in [5, 5.41) is 4.69. The maximum atomic E-state index is 12.7. The number of hydrogen-bond donors (Lipinski definition) is 1. The van der Waals surface area contributed by atoms with E-state index >= 15 is 0 Å².